The van der Waals surface area contributed by atoms with E-state index >= 15 is 0 Å². The Bertz CT molecular complexity index is 566. The zero-order valence-electron chi connectivity index (χ0n) is 11.6. The summed E-state index contributed by atoms with van der Waals surface area (Å²) in [7, 11) is 3.74. The van der Waals surface area contributed by atoms with Gasteiger partial charge in [-0.15, -0.1) is 0 Å². The maximum Gasteiger partial charge on any atom is 0.130 e. The fourth-order valence-electron chi connectivity index (χ4n) is 2.12. The van der Waals surface area contributed by atoms with Crippen LogP contribution in [-0.2, 0) is 20.5 Å². The minimum Gasteiger partial charge on any atom is -0.273 e. The van der Waals surface area contributed by atoms with Gasteiger partial charge in [0.25, 0.3) is 0 Å². The molecular weight excluding hydrogens is 264 g/mol. The first-order chi connectivity index (χ1) is 8.93. The molecule has 3 N–H and O–H groups in total. The fraction of sp³-hybridized carbons (Fsp3) is 0.500. The predicted octanol–water partition coefficient (Wildman–Crippen LogP) is 1.17. The Morgan fingerprint density at radius 2 is 2.00 bits per heavy atom. The van der Waals surface area contributed by atoms with Crippen molar-refractivity contribution in [3.63, 3.8) is 0 Å². The Balaban J connectivity index is 2.29. The number of hydrogen-bond donors (Lipinski definition) is 2. The molecule has 7 heteroatoms. The van der Waals surface area contributed by atoms with Gasteiger partial charge in [-0.05, 0) is 26.3 Å². The van der Waals surface area contributed by atoms with Crippen LogP contribution < -0.4 is 11.3 Å². The van der Waals surface area contributed by atoms with Crippen molar-refractivity contribution in [3.05, 3.63) is 33.9 Å². The van der Waals surface area contributed by atoms with Crippen molar-refractivity contribution < 1.29 is 0 Å². The highest BCUT2D eigenvalue weighted by atomic mass is 35.5. The zero-order chi connectivity index (χ0) is 14.2. The number of rotatable bonds is 4. The largest absolute Gasteiger partial charge is 0.273 e. The minimum absolute atomic E-state index is 0.0831. The molecule has 0 aromatic carbocycles. The topological polar surface area (TPSA) is 73.7 Å². The van der Waals surface area contributed by atoms with Gasteiger partial charge < -0.3 is 0 Å². The molecule has 0 aliphatic carbocycles. The van der Waals surface area contributed by atoms with E-state index in [1.54, 1.807) is 4.68 Å². The summed E-state index contributed by atoms with van der Waals surface area (Å²) in [4.78, 5) is 0. The number of halogens is 1. The third-order valence-electron chi connectivity index (χ3n) is 3.37. The monoisotopic (exact) mass is 282 g/mol. The van der Waals surface area contributed by atoms with E-state index in [1.807, 2.05) is 38.7 Å². The van der Waals surface area contributed by atoms with E-state index in [9.17, 15) is 0 Å². The number of nitrogens with zero attached hydrogens (tertiary/aromatic N) is 4. The highest BCUT2D eigenvalue weighted by Gasteiger charge is 2.20. The average Bonchev–Trinajstić information content (AvgIpc) is 2.80. The van der Waals surface area contributed by atoms with E-state index in [2.05, 4.69) is 15.6 Å². The number of hydrazine groups is 1. The van der Waals surface area contributed by atoms with Gasteiger partial charge in [0.15, 0.2) is 0 Å². The molecule has 0 saturated carbocycles. The van der Waals surface area contributed by atoms with E-state index in [0.29, 0.717) is 11.6 Å². The Morgan fingerprint density at radius 1 is 1.32 bits per heavy atom. The summed E-state index contributed by atoms with van der Waals surface area (Å²) in [5.41, 5.74) is 6.70. The lowest BCUT2D eigenvalue weighted by atomic mass is 10.0. The van der Waals surface area contributed by atoms with E-state index in [-0.39, 0.29) is 6.04 Å². The lowest BCUT2D eigenvalue weighted by Crippen LogP contribution is -2.30. The van der Waals surface area contributed by atoms with Crippen molar-refractivity contribution in [2.45, 2.75) is 26.3 Å². The Kier molecular flexibility index (Phi) is 3.93. The van der Waals surface area contributed by atoms with Crippen LogP contribution in [0.2, 0.25) is 5.15 Å². The molecule has 2 aromatic rings. The van der Waals surface area contributed by atoms with Crippen LogP contribution in [0.1, 0.15) is 28.7 Å². The third kappa shape index (κ3) is 2.65. The molecule has 0 spiro atoms. The summed E-state index contributed by atoms with van der Waals surface area (Å²) >= 11 is 6.25. The second-order valence-electron chi connectivity index (χ2n) is 4.74. The molecule has 2 rings (SSSR count). The predicted molar refractivity (Wildman–Crippen MR) is 74.7 cm³/mol. The van der Waals surface area contributed by atoms with Crippen LogP contribution in [0.3, 0.4) is 0 Å². The molecule has 0 saturated heterocycles. The SMILES string of the molecule is Cc1nn(C)c(Cl)c1CC(NN)c1cc(C)n(C)n1. The van der Waals surface area contributed by atoms with Crippen molar-refractivity contribution in [1.82, 2.24) is 25.0 Å². The van der Waals surface area contributed by atoms with Crippen molar-refractivity contribution in [1.29, 1.82) is 0 Å². The highest BCUT2D eigenvalue weighted by molar-refractivity contribution is 6.30. The minimum atomic E-state index is -0.0831. The van der Waals surface area contributed by atoms with Crippen molar-refractivity contribution >= 4 is 11.6 Å². The number of nitrogens with one attached hydrogen (secondary N) is 1. The van der Waals surface area contributed by atoms with Gasteiger partial charge in [-0.3, -0.25) is 20.6 Å². The molecule has 0 amide bonds. The number of aryl methyl sites for hydroxylation is 4. The summed E-state index contributed by atoms with van der Waals surface area (Å²) in [6.45, 7) is 3.95. The van der Waals surface area contributed by atoms with Crippen molar-refractivity contribution in [2.24, 2.45) is 19.9 Å². The number of nitrogens with two attached hydrogens (primary N) is 1. The maximum atomic E-state index is 6.25. The van der Waals surface area contributed by atoms with Crippen LogP contribution in [-0.4, -0.2) is 19.6 Å². The summed E-state index contributed by atoms with van der Waals surface area (Å²) in [5, 5.41) is 9.40. The molecule has 6 nitrogen and oxygen atoms in total. The zero-order valence-corrected chi connectivity index (χ0v) is 12.4. The molecule has 0 aliphatic heterocycles. The highest BCUT2D eigenvalue weighted by Crippen LogP contribution is 2.25. The van der Waals surface area contributed by atoms with E-state index in [4.69, 9.17) is 17.4 Å². The van der Waals surface area contributed by atoms with Crippen LogP contribution in [0, 0.1) is 13.8 Å². The van der Waals surface area contributed by atoms with Crippen LogP contribution in [0.15, 0.2) is 6.07 Å². The lowest BCUT2D eigenvalue weighted by molar-refractivity contribution is 0.528. The first-order valence-corrected chi connectivity index (χ1v) is 6.46. The van der Waals surface area contributed by atoms with Crippen LogP contribution in [0.4, 0.5) is 0 Å². The molecule has 1 atom stereocenters. The van der Waals surface area contributed by atoms with Crippen LogP contribution >= 0.6 is 11.6 Å². The lowest BCUT2D eigenvalue weighted by Gasteiger charge is -2.13. The summed E-state index contributed by atoms with van der Waals surface area (Å²) < 4.78 is 3.50. The normalized spacial score (nSPS) is 12.9. The van der Waals surface area contributed by atoms with Crippen molar-refractivity contribution in [3.8, 4) is 0 Å². The average molecular weight is 283 g/mol. The van der Waals surface area contributed by atoms with Gasteiger partial charge in [-0.1, -0.05) is 11.6 Å². The second kappa shape index (κ2) is 5.32. The van der Waals surface area contributed by atoms with E-state index in [1.165, 1.54) is 0 Å². The maximum absolute atomic E-state index is 6.25. The van der Waals surface area contributed by atoms with E-state index < -0.39 is 0 Å². The van der Waals surface area contributed by atoms with Gasteiger partial charge in [0.05, 0.1) is 17.4 Å². The first-order valence-electron chi connectivity index (χ1n) is 6.08. The summed E-state index contributed by atoms with van der Waals surface area (Å²) in [6.07, 6.45) is 0.658. The molecule has 0 bridgehead atoms. The first kappa shape index (κ1) is 14.0. The Labute approximate surface area is 117 Å². The van der Waals surface area contributed by atoms with Gasteiger partial charge in [-0.2, -0.15) is 10.2 Å². The molecule has 0 radical (unpaired) electrons. The Morgan fingerprint density at radius 3 is 2.42 bits per heavy atom. The van der Waals surface area contributed by atoms with Gasteiger partial charge in [0.2, 0.25) is 0 Å². The summed E-state index contributed by atoms with van der Waals surface area (Å²) in [5.74, 6) is 5.65. The van der Waals surface area contributed by atoms with Gasteiger partial charge in [0, 0.05) is 25.4 Å². The molecule has 2 aromatic heterocycles. The van der Waals surface area contributed by atoms with Gasteiger partial charge >= 0.3 is 0 Å². The quantitative estimate of drug-likeness (QED) is 0.652. The smallest absolute Gasteiger partial charge is 0.130 e. The second-order valence-corrected chi connectivity index (χ2v) is 5.09. The number of aromatic nitrogens is 4. The molecule has 2 heterocycles. The summed E-state index contributed by atoms with van der Waals surface area (Å²) in [6, 6.07) is 1.93. The molecule has 0 aliphatic rings. The third-order valence-corrected chi connectivity index (χ3v) is 3.84. The number of hydrogen-bond acceptors (Lipinski definition) is 4. The molecule has 19 heavy (non-hydrogen) atoms. The van der Waals surface area contributed by atoms with Crippen molar-refractivity contribution in [2.75, 3.05) is 0 Å². The molecular formula is C12H19ClN6. The standard InChI is InChI=1S/C12H19ClN6/c1-7-5-11(17-18(7)3)10(15-14)6-9-8(2)16-19(4)12(9)13/h5,10,15H,6,14H2,1-4H3. The van der Waals surface area contributed by atoms with Gasteiger partial charge in [-0.25, -0.2) is 0 Å². The van der Waals surface area contributed by atoms with E-state index in [0.717, 1.165) is 22.6 Å². The molecule has 1 unspecified atom stereocenters. The Hall–Kier alpha value is -1.37. The van der Waals surface area contributed by atoms with Gasteiger partial charge in [0.1, 0.15) is 5.15 Å². The van der Waals surface area contributed by atoms with Crippen LogP contribution in [0.5, 0.6) is 0 Å². The van der Waals surface area contributed by atoms with Crippen LogP contribution in [0.25, 0.3) is 0 Å². The molecule has 0 fully saturated rings. The molecule has 104 valence electrons. The fourth-order valence-corrected chi connectivity index (χ4v) is 2.37.